The molecule has 0 unspecified atom stereocenters. The Morgan fingerprint density at radius 3 is 2.54 bits per heavy atom. The van der Waals surface area contributed by atoms with E-state index in [0.29, 0.717) is 11.3 Å². The van der Waals surface area contributed by atoms with Crippen molar-refractivity contribution >= 4 is 34.9 Å². The van der Waals surface area contributed by atoms with Crippen molar-refractivity contribution in [1.29, 1.82) is 0 Å². The third-order valence-corrected chi connectivity index (χ3v) is 3.38. The van der Waals surface area contributed by atoms with Gasteiger partial charge in [0.25, 0.3) is 5.91 Å². The van der Waals surface area contributed by atoms with Crippen LogP contribution in [0.5, 0.6) is 0 Å². The van der Waals surface area contributed by atoms with E-state index in [2.05, 4.69) is 10.3 Å². The topological polar surface area (TPSA) is 85.4 Å². The summed E-state index contributed by atoms with van der Waals surface area (Å²) >= 11 is 5.65. The lowest BCUT2D eigenvalue weighted by molar-refractivity contribution is -0.123. The Kier molecular flexibility index (Phi) is 5.65. The smallest absolute Gasteiger partial charge is 0.340 e. The standard InChI is InChI=1S/C17H15ClN2O4/c1-10(21)12-4-3-5-14(8-12)20-16(22)11(2)24-17(23)13-6-7-15(18)19-9-13/h3-9,11H,1-2H3,(H,20,22)/t11-/m0/s1. The first-order valence-corrected chi connectivity index (χ1v) is 7.49. The number of halogens is 1. The maximum Gasteiger partial charge on any atom is 0.340 e. The summed E-state index contributed by atoms with van der Waals surface area (Å²) in [5.74, 6) is -1.30. The van der Waals surface area contributed by atoms with Crippen molar-refractivity contribution in [3.8, 4) is 0 Å². The van der Waals surface area contributed by atoms with E-state index >= 15 is 0 Å². The number of aromatic nitrogens is 1. The number of rotatable bonds is 5. The molecular weight excluding hydrogens is 332 g/mol. The number of Topliss-reactive ketones (excluding diaryl/α,β-unsaturated/α-hetero) is 1. The van der Waals surface area contributed by atoms with Crippen LogP contribution in [0.3, 0.4) is 0 Å². The molecule has 1 aromatic carbocycles. The summed E-state index contributed by atoms with van der Waals surface area (Å²) in [7, 11) is 0. The summed E-state index contributed by atoms with van der Waals surface area (Å²) in [5, 5.41) is 2.85. The van der Waals surface area contributed by atoms with Gasteiger partial charge in [-0.15, -0.1) is 0 Å². The fourth-order valence-electron chi connectivity index (χ4n) is 1.84. The fraction of sp³-hybridized carbons (Fsp3) is 0.176. The summed E-state index contributed by atoms with van der Waals surface area (Å²) in [4.78, 5) is 39.2. The second-order valence-corrected chi connectivity index (χ2v) is 5.43. The first-order valence-electron chi connectivity index (χ1n) is 7.11. The number of ketones is 1. The molecule has 7 heteroatoms. The quantitative estimate of drug-likeness (QED) is 0.510. The van der Waals surface area contributed by atoms with E-state index in [1.54, 1.807) is 24.3 Å². The van der Waals surface area contributed by atoms with Gasteiger partial charge in [0.15, 0.2) is 11.9 Å². The average molecular weight is 347 g/mol. The Morgan fingerprint density at radius 2 is 1.92 bits per heavy atom. The number of esters is 1. The number of carbonyl (C=O) groups is 3. The summed E-state index contributed by atoms with van der Waals surface area (Å²) in [5.41, 5.74) is 1.12. The molecule has 0 fully saturated rings. The Labute approximate surface area is 143 Å². The largest absolute Gasteiger partial charge is 0.449 e. The number of hydrogen-bond acceptors (Lipinski definition) is 5. The highest BCUT2D eigenvalue weighted by molar-refractivity contribution is 6.29. The molecule has 24 heavy (non-hydrogen) atoms. The minimum atomic E-state index is -1.02. The molecule has 1 heterocycles. The molecule has 124 valence electrons. The second-order valence-electron chi connectivity index (χ2n) is 5.04. The molecule has 0 saturated heterocycles. The van der Waals surface area contributed by atoms with Crippen LogP contribution in [-0.2, 0) is 9.53 Å². The number of ether oxygens (including phenoxy) is 1. The number of benzene rings is 1. The van der Waals surface area contributed by atoms with Gasteiger partial charge in [-0.25, -0.2) is 9.78 Å². The van der Waals surface area contributed by atoms with Gasteiger partial charge in [-0.3, -0.25) is 9.59 Å². The van der Waals surface area contributed by atoms with Crippen LogP contribution in [0.15, 0.2) is 42.6 Å². The first kappa shape index (κ1) is 17.6. The predicted octanol–water partition coefficient (Wildman–Crippen LogP) is 3.12. The number of hydrogen-bond donors (Lipinski definition) is 1. The summed E-state index contributed by atoms with van der Waals surface area (Å²) in [6.45, 7) is 2.89. The number of amides is 1. The average Bonchev–Trinajstić information content (AvgIpc) is 2.55. The molecule has 0 bridgehead atoms. The number of carbonyl (C=O) groups excluding carboxylic acids is 3. The second kappa shape index (κ2) is 7.70. The van der Waals surface area contributed by atoms with Gasteiger partial charge in [0.05, 0.1) is 5.56 Å². The predicted molar refractivity (Wildman–Crippen MR) is 89.2 cm³/mol. The lowest BCUT2D eigenvalue weighted by Crippen LogP contribution is -2.30. The number of nitrogens with one attached hydrogen (secondary N) is 1. The highest BCUT2D eigenvalue weighted by Crippen LogP contribution is 2.13. The van der Waals surface area contributed by atoms with Crippen molar-refractivity contribution in [2.75, 3.05) is 5.32 Å². The molecule has 1 atom stereocenters. The monoisotopic (exact) mass is 346 g/mol. The van der Waals surface area contributed by atoms with Crippen LogP contribution >= 0.6 is 11.6 Å². The number of pyridine rings is 1. The molecule has 0 aliphatic heterocycles. The normalized spacial score (nSPS) is 11.5. The van der Waals surface area contributed by atoms with E-state index in [9.17, 15) is 14.4 Å². The Balaban J connectivity index is 1.99. The molecule has 1 aromatic heterocycles. The van der Waals surface area contributed by atoms with Gasteiger partial charge in [-0.05, 0) is 38.1 Å². The van der Waals surface area contributed by atoms with Gasteiger partial charge >= 0.3 is 5.97 Å². The van der Waals surface area contributed by atoms with E-state index in [1.807, 2.05) is 0 Å². The van der Waals surface area contributed by atoms with Gasteiger partial charge in [-0.1, -0.05) is 23.7 Å². The fourth-order valence-corrected chi connectivity index (χ4v) is 1.95. The minimum Gasteiger partial charge on any atom is -0.449 e. The number of nitrogens with zero attached hydrogens (tertiary/aromatic N) is 1. The summed E-state index contributed by atoms with van der Waals surface area (Å²) < 4.78 is 5.09. The zero-order chi connectivity index (χ0) is 17.7. The zero-order valence-electron chi connectivity index (χ0n) is 13.1. The molecule has 2 aromatic rings. The molecule has 0 radical (unpaired) electrons. The van der Waals surface area contributed by atoms with Crippen molar-refractivity contribution in [3.05, 3.63) is 58.9 Å². The van der Waals surface area contributed by atoms with E-state index in [1.165, 1.54) is 32.2 Å². The van der Waals surface area contributed by atoms with Crippen LogP contribution in [-0.4, -0.2) is 28.7 Å². The van der Waals surface area contributed by atoms with Crippen LogP contribution in [0.1, 0.15) is 34.6 Å². The minimum absolute atomic E-state index is 0.110. The van der Waals surface area contributed by atoms with Gasteiger partial charge in [0, 0.05) is 17.4 Å². The third kappa shape index (κ3) is 4.63. The Morgan fingerprint density at radius 1 is 1.17 bits per heavy atom. The van der Waals surface area contributed by atoms with Gasteiger partial charge < -0.3 is 10.1 Å². The molecule has 0 aliphatic rings. The van der Waals surface area contributed by atoms with E-state index < -0.39 is 18.0 Å². The zero-order valence-corrected chi connectivity index (χ0v) is 13.8. The lowest BCUT2D eigenvalue weighted by atomic mass is 10.1. The summed E-state index contributed by atoms with van der Waals surface area (Å²) in [6, 6.07) is 9.41. The lowest BCUT2D eigenvalue weighted by Gasteiger charge is -2.13. The van der Waals surface area contributed by atoms with Crippen LogP contribution in [0.4, 0.5) is 5.69 Å². The van der Waals surface area contributed by atoms with Gasteiger partial charge in [0.1, 0.15) is 5.15 Å². The number of anilines is 1. The highest BCUT2D eigenvalue weighted by Gasteiger charge is 2.19. The van der Waals surface area contributed by atoms with Gasteiger partial charge in [-0.2, -0.15) is 0 Å². The van der Waals surface area contributed by atoms with Crippen molar-refractivity contribution in [3.63, 3.8) is 0 Å². The first-order chi connectivity index (χ1) is 11.4. The van der Waals surface area contributed by atoms with E-state index in [-0.39, 0.29) is 16.5 Å². The molecule has 0 saturated carbocycles. The van der Waals surface area contributed by atoms with E-state index in [0.717, 1.165) is 0 Å². The third-order valence-electron chi connectivity index (χ3n) is 3.15. The molecule has 0 aliphatic carbocycles. The van der Waals surface area contributed by atoms with Crippen molar-refractivity contribution in [2.24, 2.45) is 0 Å². The Bertz CT molecular complexity index is 774. The molecular formula is C17H15ClN2O4. The molecule has 1 amide bonds. The SMILES string of the molecule is CC(=O)c1cccc(NC(=O)[C@H](C)OC(=O)c2ccc(Cl)nc2)c1. The van der Waals surface area contributed by atoms with Crippen LogP contribution < -0.4 is 5.32 Å². The van der Waals surface area contributed by atoms with Crippen LogP contribution in [0.2, 0.25) is 5.15 Å². The van der Waals surface area contributed by atoms with Gasteiger partial charge in [0.2, 0.25) is 0 Å². The molecule has 0 spiro atoms. The molecule has 1 N–H and O–H groups in total. The summed E-state index contributed by atoms with van der Waals surface area (Å²) in [6.07, 6.45) is 0.250. The molecule has 6 nitrogen and oxygen atoms in total. The van der Waals surface area contributed by atoms with Crippen LogP contribution in [0, 0.1) is 0 Å². The highest BCUT2D eigenvalue weighted by atomic mass is 35.5. The van der Waals surface area contributed by atoms with Crippen molar-refractivity contribution < 1.29 is 19.1 Å². The van der Waals surface area contributed by atoms with Crippen LogP contribution in [0.25, 0.3) is 0 Å². The molecule has 2 rings (SSSR count). The van der Waals surface area contributed by atoms with Crippen molar-refractivity contribution in [1.82, 2.24) is 4.98 Å². The van der Waals surface area contributed by atoms with Crippen molar-refractivity contribution in [2.45, 2.75) is 20.0 Å². The van der Waals surface area contributed by atoms with E-state index in [4.69, 9.17) is 16.3 Å². The maximum absolute atomic E-state index is 12.1. The maximum atomic E-state index is 12.1. The Hall–Kier alpha value is -2.73.